The molecule has 96 valence electrons. The van der Waals surface area contributed by atoms with Crippen molar-refractivity contribution in [3.63, 3.8) is 0 Å². The first-order valence-electron chi connectivity index (χ1n) is 5.87. The van der Waals surface area contributed by atoms with Crippen LogP contribution in [0.15, 0.2) is 0 Å². The largest absolute Gasteiger partial charge is 0.406 e. The average molecular weight is 254 g/mol. The van der Waals surface area contributed by atoms with Gasteiger partial charge in [-0.05, 0) is 26.4 Å². The van der Waals surface area contributed by atoms with Gasteiger partial charge in [0.15, 0.2) is 18.1 Å². The highest BCUT2D eigenvalue weighted by atomic mass is 28.4. The second kappa shape index (κ2) is 4.68. The summed E-state index contributed by atoms with van der Waals surface area (Å²) in [6.07, 6.45) is -2.18. The lowest BCUT2D eigenvalue weighted by molar-refractivity contribution is -0.0740. The van der Waals surface area contributed by atoms with E-state index in [1.165, 1.54) is 13.8 Å². The van der Waals surface area contributed by atoms with Crippen LogP contribution < -0.4 is 0 Å². The van der Waals surface area contributed by atoms with Gasteiger partial charge >= 0.3 is 0 Å². The Kier molecular flexibility index (Phi) is 4.11. The zero-order valence-electron chi connectivity index (χ0n) is 10.4. The smallest absolute Gasteiger partial charge is 0.229 e. The maximum Gasteiger partial charge on any atom is 0.229 e. The summed E-state index contributed by atoms with van der Waals surface area (Å²) >= 11 is 0. The predicted molar refractivity (Wildman–Crippen MR) is 61.2 cm³/mol. The summed E-state index contributed by atoms with van der Waals surface area (Å²) < 4.78 is 46.6. The van der Waals surface area contributed by atoms with E-state index in [1.54, 1.807) is 6.55 Å². The average Bonchev–Trinajstić information content (AvgIpc) is 2.21. The normalized spacial score (nSPS) is 43.3. The summed E-state index contributed by atoms with van der Waals surface area (Å²) in [6, 6.07) is 0.557. The summed E-state index contributed by atoms with van der Waals surface area (Å²) in [6.45, 7) is 6.68. The number of unbranched alkanes of at least 4 members (excludes halogenated alkanes) is 1. The van der Waals surface area contributed by atoms with Gasteiger partial charge in [0.2, 0.25) is 8.32 Å². The fourth-order valence-corrected chi connectivity index (χ4v) is 6.00. The van der Waals surface area contributed by atoms with Gasteiger partial charge in [-0.2, -0.15) is 0 Å². The van der Waals surface area contributed by atoms with Gasteiger partial charge in [-0.1, -0.05) is 19.8 Å². The first-order chi connectivity index (χ1) is 7.24. The lowest BCUT2D eigenvalue weighted by Gasteiger charge is -2.47. The Bertz CT molecular complexity index is 249. The van der Waals surface area contributed by atoms with Gasteiger partial charge in [0, 0.05) is 0 Å². The highest BCUT2D eigenvalue weighted by Gasteiger charge is 2.58. The molecule has 0 amide bonds. The van der Waals surface area contributed by atoms with E-state index in [0.29, 0.717) is 6.04 Å². The van der Waals surface area contributed by atoms with Crippen molar-refractivity contribution in [2.24, 2.45) is 0 Å². The van der Waals surface area contributed by atoms with Gasteiger partial charge in [0.1, 0.15) is 0 Å². The van der Waals surface area contributed by atoms with Crippen LogP contribution in [0.3, 0.4) is 0 Å². The molecular formula is C11H21F3OSi. The second-order valence-electron chi connectivity index (χ2n) is 5.37. The molecule has 0 aliphatic carbocycles. The van der Waals surface area contributed by atoms with Crippen molar-refractivity contribution in [3.8, 4) is 0 Å². The minimum Gasteiger partial charge on any atom is -0.406 e. The molecule has 0 radical (unpaired) electrons. The number of halogens is 3. The highest BCUT2D eigenvalue weighted by molar-refractivity contribution is 6.74. The Morgan fingerprint density at radius 1 is 1.25 bits per heavy atom. The molecule has 0 aromatic carbocycles. The van der Waals surface area contributed by atoms with E-state index in [9.17, 15) is 13.2 Å². The molecule has 1 nitrogen and oxygen atoms in total. The van der Waals surface area contributed by atoms with Crippen LogP contribution in [-0.2, 0) is 4.43 Å². The molecule has 5 heteroatoms. The van der Waals surface area contributed by atoms with Crippen LogP contribution in [0.5, 0.6) is 0 Å². The molecule has 0 aromatic rings. The summed E-state index contributed by atoms with van der Waals surface area (Å²) in [5.41, 5.74) is -1.20. The van der Waals surface area contributed by atoms with Gasteiger partial charge in [-0.25, -0.2) is 13.2 Å². The summed E-state index contributed by atoms with van der Waals surface area (Å²) in [5, 5.41) is 0. The molecule has 4 atom stereocenters. The van der Waals surface area contributed by atoms with Crippen molar-refractivity contribution in [2.45, 2.75) is 69.9 Å². The van der Waals surface area contributed by atoms with Crippen LogP contribution in [-0.4, -0.2) is 32.1 Å². The SMILES string of the molecule is CCCC[Si]1(C)OC(C)(C)C(F)C(F)C1F. The second-order valence-corrected chi connectivity index (χ2v) is 9.25. The molecule has 4 unspecified atom stereocenters. The molecular weight excluding hydrogens is 233 g/mol. The Hall–Kier alpha value is -0.0331. The minimum atomic E-state index is -2.78. The van der Waals surface area contributed by atoms with E-state index in [-0.39, 0.29) is 0 Å². The van der Waals surface area contributed by atoms with Crippen molar-refractivity contribution >= 4 is 8.32 Å². The summed E-state index contributed by atoms with van der Waals surface area (Å²) in [7, 11) is -2.78. The zero-order valence-corrected chi connectivity index (χ0v) is 11.4. The molecule has 16 heavy (non-hydrogen) atoms. The first-order valence-corrected chi connectivity index (χ1v) is 8.56. The standard InChI is InChI=1S/C11H21F3OSi/c1-5-6-7-16(4)10(14)8(12)9(13)11(2,3)15-16/h8-10H,5-7H2,1-4H3. The summed E-state index contributed by atoms with van der Waals surface area (Å²) in [5.74, 6) is -1.75. The highest BCUT2D eigenvalue weighted by Crippen LogP contribution is 2.40. The van der Waals surface area contributed by atoms with Crippen LogP contribution >= 0.6 is 0 Å². The Morgan fingerprint density at radius 2 is 1.81 bits per heavy atom. The van der Waals surface area contributed by atoms with E-state index in [1.807, 2.05) is 6.92 Å². The third-order valence-corrected chi connectivity index (χ3v) is 7.15. The number of rotatable bonds is 3. The monoisotopic (exact) mass is 254 g/mol. The van der Waals surface area contributed by atoms with Gasteiger partial charge in [0.25, 0.3) is 0 Å². The Morgan fingerprint density at radius 3 is 2.31 bits per heavy atom. The van der Waals surface area contributed by atoms with Crippen LogP contribution in [0.1, 0.15) is 33.6 Å². The lowest BCUT2D eigenvalue weighted by Crippen LogP contribution is -2.65. The van der Waals surface area contributed by atoms with Crippen LogP contribution in [0, 0.1) is 0 Å². The minimum absolute atomic E-state index is 0.557. The van der Waals surface area contributed by atoms with Gasteiger partial charge in [0.05, 0.1) is 5.60 Å². The number of hydrogen-bond acceptors (Lipinski definition) is 1. The van der Waals surface area contributed by atoms with E-state index in [4.69, 9.17) is 4.43 Å². The molecule has 1 aliphatic rings. The van der Waals surface area contributed by atoms with Gasteiger partial charge in [-0.15, -0.1) is 0 Å². The summed E-state index contributed by atoms with van der Waals surface area (Å²) in [4.78, 5) is 0. The molecule has 0 bridgehead atoms. The van der Waals surface area contributed by atoms with Crippen molar-refractivity contribution in [1.82, 2.24) is 0 Å². The number of hydrogen-bond donors (Lipinski definition) is 0. The quantitative estimate of drug-likeness (QED) is 0.697. The maximum atomic E-state index is 13.9. The number of alkyl halides is 3. The molecule has 1 saturated heterocycles. The molecule has 1 heterocycles. The van der Waals surface area contributed by atoms with Gasteiger partial charge < -0.3 is 4.43 Å². The van der Waals surface area contributed by atoms with Gasteiger partial charge in [-0.3, -0.25) is 0 Å². The molecule has 1 aliphatic heterocycles. The van der Waals surface area contributed by atoms with Crippen molar-refractivity contribution in [2.75, 3.05) is 0 Å². The van der Waals surface area contributed by atoms with Crippen molar-refractivity contribution in [1.29, 1.82) is 0 Å². The molecule has 1 fully saturated rings. The Balaban J connectivity index is 2.86. The third-order valence-electron chi connectivity index (χ3n) is 3.33. The van der Waals surface area contributed by atoms with E-state index in [0.717, 1.165) is 12.8 Å². The van der Waals surface area contributed by atoms with Crippen molar-refractivity contribution in [3.05, 3.63) is 0 Å². The topological polar surface area (TPSA) is 9.23 Å². The maximum absolute atomic E-state index is 13.9. The lowest BCUT2D eigenvalue weighted by atomic mass is 9.99. The molecule has 0 saturated carbocycles. The van der Waals surface area contributed by atoms with Crippen LogP contribution in [0.4, 0.5) is 13.2 Å². The third kappa shape index (κ3) is 2.45. The van der Waals surface area contributed by atoms with E-state index in [2.05, 4.69) is 0 Å². The van der Waals surface area contributed by atoms with Crippen LogP contribution in [0.2, 0.25) is 12.6 Å². The zero-order chi connectivity index (χ0) is 12.6. The van der Waals surface area contributed by atoms with E-state index < -0.39 is 32.1 Å². The van der Waals surface area contributed by atoms with Crippen LogP contribution in [0.25, 0.3) is 0 Å². The fraction of sp³-hybridized carbons (Fsp3) is 1.00. The first kappa shape index (κ1) is 14.0. The fourth-order valence-electron chi connectivity index (χ4n) is 2.30. The van der Waals surface area contributed by atoms with Crippen molar-refractivity contribution < 1.29 is 17.6 Å². The molecule has 0 spiro atoms. The molecule has 0 aromatic heterocycles. The molecule has 0 N–H and O–H groups in total. The molecule has 1 rings (SSSR count). The Labute approximate surface area is 96.5 Å². The van der Waals surface area contributed by atoms with E-state index >= 15 is 0 Å². The predicted octanol–water partition coefficient (Wildman–Crippen LogP) is 3.72.